The quantitative estimate of drug-likeness (QED) is 0.679. The monoisotopic (exact) mass is 197 g/mol. The lowest BCUT2D eigenvalue weighted by Gasteiger charge is -2.27. The summed E-state index contributed by atoms with van der Waals surface area (Å²) in [6.45, 7) is 4.72. The van der Waals surface area contributed by atoms with Gasteiger partial charge in [-0.25, -0.2) is 0 Å². The molecule has 1 nitrogen and oxygen atoms in total. The maximum Gasteiger partial charge on any atom is 0.00924 e. The first kappa shape index (κ1) is 12.0. The van der Waals surface area contributed by atoms with Gasteiger partial charge in [-0.05, 0) is 38.1 Å². The fourth-order valence-corrected chi connectivity index (χ4v) is 2.73. The number of rotatable bonds is 4. The van der Waals surface area contributed by atoms with Crippen molar-refractivity contribution >= 4 is 0 Å². The van der Waals surface area contributed by atoms with Gasteiger partial charge in [-0.15, -0.1) is 0 Å². The molecule has 0 amide bonds. The summed E-state index contributed by atoms with van der Waals surface area (Å²) < 4.78 is 0. The van der Waals surface area contributed by atoms with E-state index >= 15 is 0 Å². The van der Waals surface area contributed by atoms with E-state index in [-0.39, 0.29) is 0 Å². The molecule has 0 bridgehead atoms. The van der Waals surface area contributed by atoms with E-state index in [0.29, 0.717) is 0 Å². The first-order valence-electron chi connectivity index (χ1n) is 6.45. The summed E-state index contributed by atoms with van der Waals surface area (Å²) >= 11 is 0. The molecule has 0 aromatic heterocycles. The molecule has 0 aromatic rings. The third-order valence-electron chi connectivity index (χ3n) is 3.93. The maximum absolute atomic E-state index is 3.52. The van der Waals surface area contributed by atoms with Gasteiger partial charge in [0.1, 0.15) is 0 Å². The molecule has 3 atom stereocenters. The van der Waals surface area contributed by atoms with Crippen molar-refractivity contribution in [3.63, 3.8) is 0 Å². The number of hydrogen-bond donors (Lipinski definition) is 1. The van der Waals surface area contributed by atoms with Gasteiger partial charge in [0.25, 0.3) is 0 Å². The highest BCUT2D eigenvalue weighted by Crippen LogP contribution is 2.29. The molecule has 3 unspecified atom stereocenters. The van der Waals surface area contributed by atoms with Crippen molar-refractivity contribution in [2.75, 3.05) is 7.05 Å². The fourth-order valence-electron chi connectivity index (χ4n) is 2.73. The van der Waals surface area contributed by atoms with Crippen LogP contribution in [0.4, 0.5) is 0 Å². The minimum atomic E-state index is 0.798. The topological polar surface area (TPSA) is 12.0 Å². The fraction of sp³-hybridized carbons (Fsp3) is 1.00. The zero-order valence-corrected chi connectivity index (χ0v) is 10.2. The highest BCUT2D eigenvalue weighted by molar-refractivity contribution is 4.79. The van der Waals surface area contributed by atoms with Crippen molar-refractivity contribution < 1.29 is 0 Å². The molecule has 0 heterocycles. The highest BCUT2D eigenvalue weighted by atomic mass is 14.9. The van der Waals surface area contributed by atoms with Crippen LogP contribution in [0, 0.1) is 11.8 Å². The van der Waals surface area contributed by atoms with Gasteiger partial charge in [-0.1, -0.05) is 39.5 Å². The molecule has 1 rings (SSSR count). The van der Waals surface area contributed by atoms with E-state index in [1.807, 2.05) is 0 Å². The standard InChI is InChI=1S/C13H27N/c1-4-11(2)10-12-8-6-5-7-9-13(12)14-3/h11-14H,4-10H2,1-3H3. The lowest BCUT2D eigenvalue weighted by Crippen LogP contribution is -2.33. The van der Waals surface area contributed by atoms with Crippen LogP contribution in [0.1, 0.15) is 58.8 Å². The van der Waals surface area contributed by atoms with E-state index in [2.05, 4.69) is 26.2 Å². The Balaban J connectivity index is 2.43. The van der Waals surface area contributed by atoms with Crippen molar-refractivity contribution in [2.24, 2.45) is 11.8 Å². The molecule has 1 fully saturated rings. The molecule has 1 saturated carbocycles. The molecule has 0 saturated heterocycles. The van der Waals surface area contributed by atoms with E-state index < -0.39 is 0 Å². The van der Waals surface area contributed by atoms with Gasteiger partial charge in [-0.3, -0.25) is 0 Å². The highest BCUT2D eigenvalue weighted by Gasteiger charge is 2.23. The molecule has 0 aliphatic heterocycles. The normalized spacial score (nSPS) is 31.1. The smallest absolute Gasteiger partial charge is 0.00924 e. The SMILES string of the molecule is CCC(C)CC1CCCCCC1NC. The van der Waals surface area contributed by atoms with Gasteiger partial charge in [-0.2, -0.15) is 0 Å². The van der Waals surface area contributed by atoms with Crippen molar-refractivity contribution in [1.29, 1.82) is 0 Å². The summed E-state index contributed by atoms with van der Waals surface area (Å²) in [5.74, 6) is 1.85. The Morgan fingerprint density at radius 3 is 2.57 bits per heavy atom. The second-order valence-electron chi connectivity index (χ2n) is 5.04. The van der Waals surface area contributed by atoms with Crippen LogP contribution >= 0.6 is 0 Å². The summed E-state index contributed by atoms with van der Waals surface area (Å²) in [6, 6.07) is 0.798. The molecule has 1 N–H and O–H groups in total. The minimum Gasteiger partial charge on any atom is -0.317 e. The van der Waals surface area contributed by atoms with Gasteiger partial charge < -0.3 is 5.32 Å². The average Bonchev–Trinajstić information content (AvgIpc) is 2.42. The van der Waals surface area contributed by atoms with Crippen molar-refractivity contribution in [3.05, 3.63) is 0 Å². The minimum absolute atomic E-state index is 0.798. The Hall–Kier alpha value is -0.0400. The van der Waals surface area contributed by atoms with E-state index in [1.165, 1.54) is 44.9 Å². The molecule has 0 aromatic carbocycles. The van der Waals surface area contributed by atoms with Crippen LogP contribution in [0.25, 0.3) is 0 Å². The third kappa shape index (κ3) is 3.61. The van der Waals surface area contributed by atoms with Crippen molar-refractivity contribution in [1.82, 2.24) is 5.32 Å². The summed E-state index contributed by atoms with van der Waals surface area (Å²) in [4.78, 5) is 0. The van der Waals surface area contributed by atoms with E-state index in [9.17, 15) is 0 Å². The summed E-state index contributed by atoms with van der Waals surface area (Å²) in [5.41, 5.74) is 0. The maximum atomic E-state index is 3.52. The Bertz CT molecular complexity index is 144. The molecule has 1 aliphatic carbocycles. The molecule has 1 aliphatic rings. The number of hydrogen-bond acceptors (Lipinski definition) is 1. The van der Waals surface area contributed by atoms with Gasteiger partial charge in [0.05, 0.1) is 0 Å². The first-order chi connectivity index (χ1) is 6.77. The Kier molecular flexibility index (Phi) is 5.54. The molecule has 14 heavy (non-hydrogen) atoms. The lowest BCUT2D eigenvalue weighted by atomic mass is 9.85. The molecule has 84 valence electrons. The van der Waals surface area contributed by atoms with Crippen LogP contribution in [0.5, 0.6) is 0 Å². The summed E-state index contributed by atoms with van der Waals surface area (Å²) in [5, 5.41) is 3.52. The van der Waals surface area contributed by atoms with Crippen LogP contribution in [0.15, 0.2) is 0 Å². The van der Waals surface area contributed by atoms with Gasteiger partial charge in [0.15, 0.2) is 0 Å². The molecule has 0 radical (unpaired) electrons. The molecular weight excluding hydrogens is 170 g/mol. The second kappa shape index (κ2) is 6.44. The molecule has 1 heteroatoms. The van der Waals surface area contributed by atoms with Gasteiger partial charge in [0.2, 0.25) is 0 Å². The van der Waals surface area contributed by atoms with Crippen molar-refractivity contribution in [3.8, 4) is 0 Å². The van der Waals surface area contributed by atoms with Gasteiger partial charge in [0, 0.05) is 6.04 Å². The van der Waals surface area contributed by atoms with Crippen LogP contribution in [-0.2, 0) is 0 Å². The zero-order valence-electron chi connectivity index (χ0n) is 10.2. The Labute approximate surface area is 89.7 Å². The van der Waals surface area contributed by atoms with E-state index in [4.69, 9.17) is 0 Å². The van der Waals surface area contributed by atoms with E-state index in [1.54, 1.807) is 0 Å². The Morgan fingerprint density at radius 2 is 1.93 bits per heavy atom. The Morgan fingerprint density at radius 1 is 1.21 bits per heavy atom. The predicted octanol–water partition coefficient (Wildman–Crippen LogP) is 3.59. The lowest BCUT2D eigenvalue weighted by molar-refractivity contribution is 0.287. The molecular formula is C13H27N. The van der Waals surface area contributed by atoms with Gasteiger partial charge >= 0.3 is 0 Å². The third-order valence-corrected chi connectivity index (χ3v) is 3.93. The number of nitrogens with one attached hydrogen (secondary N) is 1. The average molecular weight is 197 g/mol. The summed E-state index contributed by atoms with van der Waals surface area (Å²) in [6.07, 6.45) is 9.97. The largest absolute Gasteiger partial charge is 0.317 e. The molecule has 0 spiro atoms. The predicted molar refractivity (Wildman–Crippen MR) is 63.5 cm³/mol. The summed E-state index contributed by atoms with van der Waals surface area (Å²) in [7, 11) is 2.14. The van der Waals surface area contributed by atoms with E-state index in [0.717, 1.165) is 17.9 Å². The second-order valence-corrected chi connectivity index (χ2v) is 5.04. The zero-order chi connectivity index (χ0) is 10.4. The van der Waals surface area contributed by atoms with Crippen LogP contribution in [0.2, 0.25) is 0 Å². The van der Waals surface area contributed by atoms with Crippen molar-refractivity contribution in [2.45, 2.75) is 64.8 Å². The van der Waals surface area contributed by atoms with Crippen LogP contribution in [0.3, 0.4) is 0 Å². The van der Waals surface area contributed by atoms with Crippen LogP contribution in [-0.4, -0.2) is 13.1 Å². The van der Waals surface area contributed by atoms with Crippen LogP contribution < -0.4 is 5.32 Å². The first-order valence-corrected chi connectivity index (χ1v) is 6.45.